The van der Waals surface area contributed by atoms with Gasteiger partial charge in [0.1, 0.15) is 0 Å². The Kier molecular flexibility index (Phi) is 6.46. The van der Waals surface area contributed by atoms with Gasteiger partial charge in [0.25, 0.3) is 0 Å². The third kappa shape index (κ3) is 5.47. The molecule has 0 radical (unpaired) electrons. The molecule has 0 aliphatic carbocycles. The number of unbranched alkanes of at least 4 members (excludes halogenated alkanes) is 1. The van der Waals surface area contributed by atoms with E-state index in [2.05, 4.69) is 4.72 Å². The molecule has 6 nitrogen and oxygen atoms in total. The third-order valence-electron chi connectivity index (χ3n) is 2.74. The fourth-order valence-electron chi connectivity index (χ4n) is 1.71. The number of hydrogen-bond acceptors (Lipinski definition) is 4. The standard InChI is InChI=1S/C10H20N2O4S/c1-2-3-8-16-10(13)12-6-4-9(5-7-12)11-17(14)15/h9,11H,2-8H2,1H3,(H,14,15)/p-1. The molecule has 17 heavy (non-hydrogen) atoms. The van der Waals surface area contributed by atoms with Crippen LogP contribution >= 0.6 is 0 Å². The van der Waals surface area contributed by atoms with Gasteiger partial charge in [0.15, 0.2) is 0 Å². The molecule has 1 N–H and O–H groups in total. The normalized spacial score (nSPS) is 19.1. The Balaban J connectivity index is 2.21. The van der Waals surface area contributed by atoms with Crippen molar-refractivity contribution in [2.45, 2.75) is 38.6 Å². The van der Waals surface area contributed by atoms with Crippen molar-refractivity contribution >= 4 is 17.4 Å². The number of nitrogens with one attached hydrogen (secondary N) is 1. The number of nitrogens with zero attached hydrogens (tertiary/aromatic N) is 1. The third-order valence-corrected chi connectivity index (χ3v) is 3.27. The molecule has 1 aliphatic heterocycles. The highest BCUT2D eigenvalue weighted by Crippen LogP contribution is 2.11. The summed E-state index contributed by atoms with van der Waals surface area (Å²) >= 11 is -2.23. The second kappa shape index (κ2) is 7.62. The number of rotatable bonds is 5. The summed E-state index contributed by atoms with van der Waals surface area (Å²) in [5, 5.41) is 0. The van der Waals surface area contributed by atoms with Crippen LogP contribution in [0.3, 0.4) is 0 Å². The van der Waals surface area contributed by atoms with Crippen LogP contribution in [0.2, 0.25) is 0 Å². The topological polar surface area (TPSA) is 81.7 Å². The lowest BCUT2D eigenvalue weighted by atomic mass is 10.1. The molecule has 100 valence electrons. The minimum absolute atomic E-state index is 0.0620. The van der Waals surface area contributed by atoms with Gasteiger partial charge in [0, 0.05) is 30.4 Å². The molecule has 1 aliphatic rings. The van der Waals surface area contributed by atoms with Gasteiger partial charge in [-0.15, -0.1) is 0 Å². The maximum atomic E-state index is 11.6. The first kappa shape index (κ1) is 14.4. The fraction of sp³-hybridized carbons (Fsp3) is 0.900. The van der Waals surface area contributed by atoms with Crippen LogP contribution in [0.15, 0.2) is 0 Å². The van der Waals surface area contributed by atoms with Crippen LogP contribution in [0, 0.1) is 0 Å². The first-order valence-corrected chi connectivity index (χ1v) is 6.98. The van der Waals surface area contributed by atoms with Gasteiger partial charge < -0.3 is 14.2 Å². The highest BCUT2D eigenvalue weighted by Gasteiger charge is 2.23. The van der Waals surface area contributed by atoms with Crippen LogP contribution in [0.1, 0.15) is 32.6 Å². The van der Waals surface area contributed by atoms with Crippen LogP contribution in [-0.2, 0) is 16.0 Å². The summed E-state index contributed by atoms with van der Waals surface area (Å²) in [6, 6.07) is -0.0620. The molecule has 0 saturated carbocycles. The van der Waals surface area contributed by atoms with Crippen LogP contribution < -0.4 is 4.72 Å². The van der Waals surface area contributed by atoms with Gasteiger partial charge in [-0.2, -0.15) is 0 Å². The van der Waals surface area contributed by atoms with Crippen molar-refractivity contribution in [2.75, 3.05) is 19.7 Å². The fourth-order valence-corrected chi connectivity index (χ4v) is 2.22. The predicted octanol–water partition coefficient (Wildman–Crippen LogP) is 0.771. The van der Waals surface area contributed by atoms with E-state index in [1.165, 1.54) is 0 Å². The van der Waals surface area contributed by atoms with E-state index in [9.17, 15) is 13.6 Å². The van der Waals surface area contributed by atoms with E-state index in [4.69, 9.17) is 4.74 Å². The number of likely N-dealkylation sites (tertiary alicyclic amines) is 1. The molecule has 7 heteroatoms. The maximum Gasteiger partial charge on any atom is 0.409 e. The highest BCUT2D eigenvalue weighted by atomic mass is 32.2. The number of amides is 1. The molecule has 1 saturated heterocycles. The Morgan fingerprint density at radius 1 is 1.53 bits per heavy atom. The second-order valence-corrected chi connectivity index (χ2v) is 4.79. The summed E-state index contributed by atoms with van der Waals surface area (Å²) in [5.41, 5.74) is 0. The van der Waals surface area contributed by atoms with Gasteiger partial charge in [0.05, 0.1) is 6.61 Å². The largest absolute Gasteiger partial charge is 0.760 e. The van der Waals surface area contributed by atoms with E-state index in [0.717, 1.165) is 12.8 Å². The summed E-state index contributed by atoms with van der Waals surface area (Å²) in [4.78, 5) is 13.2. The van der Waals surface area contributed by atoms with Crippen LogP contribution in [-0.4, -0.2) is 45.5 Å². The zero-order chi connectivity index (χ0) is 12.7. The molecule has 0 bridgehead atoms. The molecule has 0 spiro atoms. The van der Waals surface area contributed by atoms with Gasteiger partial charge in [-0.25, -0.2) is 9.52 Å². The van der Waals surface area contributed by atoms with Gasteiger partial charge >= 0.3 is 6.09 Å². The second-order valence-electron chi connectivity index (χ2n) is 4.08. The summed E-state index contributed by atoms with van der Waals surface area (Å²) in [7, 11) is 0. The molecular weight excluding hydrogens is 244 g/mol. The van der Waals surface area contributed by atoms with Crippen molar-refractivity contribution in [1.29, 1.82) is 0 Å². The first-order chi connectivity index (χ1) is 8.13. The Bertz CT molecular complexity index is 267. The van der Waals surface area contributed by atoms with Gasteiger partial charge in [-0.1, -0.05) is 13.3 Å². The Morgan fingerprint density at radius 3 is 2.71 bits per heavy atom. The van der Waals surface area contributed by atoms with Crippen LogP contribution in [0.5, 0.6) is 0 Å². The monoisotopic (exact) mass is 263 g/mol. The Hall–Kier alpha value is -0.660. The minimum atomic E-state index is -2.23. The lowest BCUT2D eigenvalue weighted by Crippen LogP contribution is -2.45. The number of piperidine rings is 1. The molecular formula is C10H19N2O4S-. The molecule has 1 amide bonds. The molecule has 1 fully saturated rings. The minimum Gasteiger partial charge on any atom is -0.760 e. The SMILES string of the molecule is CCCCOC(=O)N1CCC(NS(=O)[O-])CC1. The lowest BCUT2D eigenvalue weighted by Gasteiger charge is -2.32. The van der Waals surface area contributed by atoms with E-state index in [0.29, 0.717) is 32.5 Å². The Labute approximate surface area is 104 Å². The number of carbonyl (C=O) groups excluding carboxylic acids is 1. The molecule has 1 unspecified atom stereocenters. The van der Waals surface area contributed by atoms with E-state index in [-0.39, 0.29) is 12.1 Å². The summed E-state index contributed by atoms with van der Waals surface area (Å²) in [5.74, 6) is 0. The quantitative estimate of drug-likeness (QED) is 0.587. The lowest BCUT2D eigenvalue weighted by molar-refractivity contribution is 0.0911. The highest BCUT2D eigenvalue weighted by molar-refractivity contribution is 7.77. The average molecular weight is 263 g/mol. The number of carbonyl (C=O) groups is 1. The van der Waals surface area contributed by atoms with E-state index in [1.54, 1.807) is 4.90 Å². The van der Waals surface area contributed by atoms with Crippen molar-refractivity contribution in [1.82, 2.24) is 9.62 Å². The smallest absolute Gasteiger partial charge is 0.409 e. The van der Waals surface area contributed by atoms with Crippen molar-refractivity contribution in [3.05, 3.63) is 0 Å². The first-order valence-electron chi connectivity index (χ1n) is 5.90. The number of ether oxygens (including phenoxy) is 1. The molecule has 0 aromatic carbocycles. The van der Waals surface area contributed by atoms with Gasteiger partial charge in [-0.3, -0.25) is 4.21 Å². The summed E-state index contributed by atoms with van der Waals surface area (Å²) in [6.07, 6.45) is 2.85. The average Bonchev–Trinajstić information content (AvgIpc) is 2.29. The summed E-state index contributed by atoms with van der Waals surface area (Å²) in [6.45, 7) is 3.58. The van der Waals surface area contributed by atoms with Crippen molar-refractivity contribution in [3.8, 4) is 0 Å². The van der Waals surface area contributed by atoms with E-state index >= 15 is 0 Å². The number of hydrogen-bond donors (Lipinski definition) is 1. The molecule has 1 rings (SSSR count). The molecule has 1 atom stereocenters. The van der Waals surface area contributed by atoms with Gasteiger partial charge in [0.2, 0.25) is 0 Å². The van der Waals surface area contributed by atoms with Crippen LogP contribution in [0.4, 0.5) is 4.79 Å². The van der Waals surface area contributed by atoms with Crippen molar-refractivity contribution in [2.24, 2.45) is 0 Å². The Morgan fingerprint density at radius 2 is 2.18 bits per heavy atom. The predicted molar refractivity (Wildman–Crippen MR) is 62.9 cm³/mol. The van der Waals surface area contributed by atoms with Gasteiger partial charge in [-0.05, 0) is 19.3 Å². The molecule has 0 aromatic rings. The molecule has 1 heterocycles. The molecule has 0 aromatic heterocycles. The maximum absolute atomic E-state index is 11.6. The van der Waals surface area contributed by atoms with E-state index < -0.39 is 11.3 Å². The van der Waals surface area contributed by atoms with E-state index in [1.807, 2.05) is 6.92 Å². The zero-order valence-electron chi connectivity index (χ0n) is 10.0. The van der Waals surface area contributed by atoms with Crippen molar-refractivity contribution in [3.63, 3.8) is 0 Å². The van der Waals surface area contributed by atoms with Crippen LogP contribution in [0.25, 0.3) is 0 Å². The zero-order valence-corrected chi connectivity index (χ0v) is 10.8. The van der Waals surface area contributed by atoms with Crippen molar-refractivity contribution < 1.29 is 18.3 Å². The summed E-state index contributed by atoms with van der Waals surface area (Å²) < 4.78 is 28.4.